The molecule has 1 aliphatic rings. The number of fused-ring (bicyclic) bond motifs is 1. The number of halogens is 2. The number of hydrogen-bond donors (Lipinski definition) is 0. The van der Waals surface area contributed by atoms with Crippen molar-refractivity contribution in [2.24, 2.45) is 0 Å². The summed E-state index contributed by atoms with van der Waals surface area (Å²) in [6.45, 7) is 3.89. The highest BCUT2D eigenvalue weighted by Crippen LogP contribution is 2.49. The van der Waals surface area contributed by atoms with E-state index in [2.05, 4.69) is 9.47 Å². The highest BCUT2D eigenvalue weighted by Gasteiger charge is 2.45. The van der Waals surface area contributed by atoms with E-state index in [4.69, 9.17) is 4.74 Å². The summed E-state index contributed by atoms with van der Waals surface area (Å²) in [5.41, 5.74) is 0.808. The van der Waals surface area contributed by atoms with E-state index >= 15 is 0 Å². The van der Waals surface area contributed by atoms with Crippen LogP contribution in [0.3, 0.4) is 0 Å². The lowest BCUT2D eigenvalue weighted by Crippen LogP contribution is -2.26. The molecule has 0 aromatic heterocycles. The Kier molecular flexibility index (Phi) is 2.40. The maximum atomic E-state index is 12.9. The molecule has 2 rings (SSSR count). The number of alkyl halides is 2. The van der Waals surface area contributed by atoms with E-state index in [1.54, 1.807) is 6.07 Å². The van der Waals surface area contributed by atoms with E-state index < -0.39 is 6.29 Å². The molecule has 88 valence electrons. The second-order valence-corrected chi connectivity index (χ2v) is 3.84. The average Bonchev–Trinajstić information content (AvgIpc) is 2.49. The first-order valence-corrected chi connectivity index (χ1v) is 4.91. The molecule has 1 heterocycles. The van der Waals surface area contributed by atoms with E-state index in [-0.39, 0.29) is 17.4 Å². The molecule has 0 spiro atoms. The normalized spacial score (nSPS) is 16.6. The summed E-state index contributed by atoms with van der Waals surface area (Å²) in [6, 6.07) is 3.17. The Morgan fingerprint density at radius 3 is 2.50 bits per heavy atom. The molecule has 0 saturated carbocycles. The average molecular weight is 230 g/mol. The van der Waals surface area contributed by atoms with E-state index in [9.17, 15) is 8.78 Å². The van der Waals surface area contributed by atoms with Crippen molar-refractivity contribution in [1.29, 1.82) is 0 Å². The molecule has 0 atom stereocenters. The Balaban J connectivity index is 2.52. The minimum Gasteiger partial charge on any atom is -0.492 e. The smallest absolute Gasteiger partial charge is 0.492 e. The van der Waals surface area contributed by atoms with E-state index in [1.165, 1.54) is 13.2 Å². The van der Waals surface area contributed by atoms with Gasteiger partial charge < -0.3 is 14.2 Å². The van der Waals surface area contributed by atoms with Crippen LogP contribution < -0.4 is 14.2 Å². The second kappa shape index (κ2) is 3.50. The summed E-state index contributed by atoms with van der Waals surface area (Å²) in [4.78, 5) is 0. The maximum Gasteiger partial charge on any atom is 0.586 e. The van der Waals surface area contributed by atoms with Gasteiger partial charge in [-0.05, 0) is 12.0 Å². The number of benzene rings is 1. The largest absolute Gasteiger partial charge is 0.586 e. The van der Waals surface area contributed by atoms with Crippen molar-refractivity contribution in [2.75, 3.05) is 7.11 Å². The number of hydrogen-bond acceptors (Lipinski definition) is 3. The molecule has 0 aliphatic carbocycles. The fourth-order valence-corrected chi connectivity index (χ4v) is 1.67. The number of ether oxygens (including phenoxy) is 3. The molecule has 0 amide bonds. The quantitative estimate of drug-likeness (QED) is 0.781. The Labute approximate surface area is 91.9 Å². The molecule has 1 aliphatic heterocycles. The van der Waals surface area contributed by atoms with Gasteiger partial charge in [-0.1, -0.05) is 19.9 Å². The van der Waals surface area contributed by atoms with Gasteiger partial charge in [-0.2, -0.15) is 0 Å². The SMILES string of the molecule is COc1c(C(C)C)ccc2c1OC(F)(F)O2. The fraction of sp³-hybridized carbons (Fsp3) is 0.455. The van der Waals surface area contributed by atoms with Gasteiger partial charge in [0, 0.05) is 5.56 Å². The number of rotatable bonds is 2. The zero-order valence-corrected chi connectivity index (χ0v) is 9.21. The Morgan fingerprint density at radius 1 is 1.25 bits per heavy atom. The van der Waals surface area contributed by atoms with Crippen molar-refractivity contribution in [2.45, 2.75) is 26.1 Å². The van der Waals surface area contributed by atoms with Crippen molar-refractivity contribution in [3.8, 4) is 17.2 Å². The van der Waals surface area contributed by atoms with Crippen LogP contribution in [0.2, 0.25) is 0 Å². The van der Waals surface area contributed by atoms with Gasteiger partial charge in [0.2, 0.25) is 5.75 Å². The summed E-state index contributed by atoms with van der Waals surface area (Å²) in [5.74, 6) is 0.438. The predicted molar refractivity (Wildman–Crippen MR) is 53.3 cm³/mol. The van der Waals surface area contributed by atoms with Crippen molar-refractivity contribution < 1.29 is 23.0 Å². The highest BCUT2D eigenvalue weighted by molar-refractivity contribution is 5.58. The Hall–Kier alpha value is -1.52. The van der Waals surface area contributed by atoms with Gasteiger partial charge in [0.1, 0.15) is 0 Å². The zero-order chi connectivity index (χ0) is 11.9. The molecule has 16 heavy (non-hydrogen) atoms. The summed E-state index contributed by atoms with van der Waals surface area (Å²) in [7, 11) is 1.42. The minimum atomic E-state index is -3.61. The van der Waals surface area contributed by atoms with Crippen molar-refractivity contribution in [3.05, 3.63) is 17.7 Å². The van der Waals surface area contributed by atoms with Crippen LogP contribution in [-0.2, 0) is 0 Å². The third kappa shape index (κ3) is 1.66. The van der Waals surface area contributed by atoms with E-state index in [0.29, 0.717) is 5.75 Å². The van der Waals surface area contributed by atoms with E-state index in [0.717, 1.165) is 5.56 Å². The molecule has 0 radical (unpaired) electrons. The molecule has 0 fully saturated rings. The summed E-state index contributed by atoms with van der Waals surface area (Å²) in [6.07, 6.45) is -3.61. The van der Waals surface area contributed by atoms with Crippen LogP contribution in [0.4, 0.5) is 8.78 Å². The Morgan fingerprint density at radius 2 is 1.94 bits per heavy atom. The molecule has 1 aromatic rings. The van der Waals surface area contributed by atoms with E-state index in [1.807, 2.05) is 13.8 Å². The predicted octanol–water partition coefficient (Wildman–Crippen LogP) is 3.14. The molecule has 3 nitrogen and oxygen atoms in total. The fourth-order valence-electron chi connectivity index (χ4n) is 1.67. The first-order valence-electron chi connectivity index (χ1n) is 4.91. The van der Waals surface area contributed by atoms with Gasteiger partial charge in [0.25, 0.3) is 0 Å². The van der Waals surface area contributed by atoms with Crippen molar-refractivity contribution in [3.63, 3.8) is 0 Å². The standard InChI is InChI=1S/C11H12F2O3/c1-6(2)7-4-5-8-10(9(7)14-3)16-11(12,13)15-8/h4-6H,1-3H3. The molecular formula is C11H12F2O3. The van der Waals surface area contributed by atoms with Crippen molar-refractivity contribution >= 4 is 0 Å². The summed E-state index contributed by atoms with van der Waals surface area (Å²) >= 11 is 0. The van der Waals surface area contributed by atoms with Crippen LogP contribution in [-0.4, -0.2) is 13.4 Å². The van der Waals surface area contributed by atoms with Crippen LogP contribution in [0.1, 0.15) is 25.3 Å². The number of methoxy groups -OCH3 is 1. The van der Waals surface area contributed by atoms with Gasteiger partial charge in [0.05, 0.1) is 7.11 Å². The van der Waals surface area contributed by atoms with Crippen LogP contribution in [0, 0.1) is 0 Å². The molecule has 0 bridgehead atoms. The lowest BCUT2D eigenvalue weighted by molar-refractivity contribution is -0.287. The molecule has 5 heteroatoms. The lowest BCUT2D eigenvalue weighted by atomic mass is 10.0. The van der Waals surface area contributed by atoms with Crippen LogP contribution >= 0.6 is 0 Å². The molecule has 0 unspecified atom stereocenters. The third-order valence-corrected chi connectivity index (χ3v) is 2.38. The maximum absolute atomic E-state index is 12.9. The third-order valence-electron chi connectivity index (χ3n) is 2.38. The Bertz CT molecular complexity index is 416. The molecular weight excluding hydrogens is 218 g/mol. The molecule has 0 saturated heterocycles. The summed E-state index contributed by atoms with van der Waals surface area (Å²) in [5, 5.41) is 0. The van der Waals surface area contributed by atoms with Gasteiger partial charge in [-0.25, -0.2) is 0 Å². The summed E-state index contributed by atoms with van der Waals surface area (Å²) < 4.78 is 39.6. The first-order chi connectivity index (χ1) is 7.44. The van der Waals surface area contributed by atoms with Gasteiger partial charge in [-0.3, -0.25) is 0 Å². The zero-order valence-electron chi connectivity index (χ0n) is 9.21. The second-order valence-electron chi connectivity index (χ2n) is 3.84. The topological polar surface area (TPSA) is 27.7 Å². The van der Waals surface area contributed by atoms with Crippen LogP contribution in [0.25, 0.3) is 0 Å². The lowest BCUT2D eigenvalue weighted by Gasteiger charge is -2.13. The first kappa shape index (κ1) is 11.0. The van der Waals surface area contributed by atoms with Crippen LogP contribution in [0.15, 0.2) is 12.1 Å². The van der Waals surface area contributed by atoms with Gasteiger partial charge >= 0.3 is 6.29 Å². The van der Waals surface area contributed by atoms with Gasteiger partial charge in [0.15, 0.2) is 11.5 Å². The monoisotopic (exact) mass is 230 g/mol. The molecule has 1 aromatic carbocycles. The van der Waals surface area contributed by atoms with Crippen molar-refractivity contribution in [1.82, 2.24) is 0 Å². The van der Waals surface area contributed by atoms with Crippen LogP contribution in [0.5, 0.6) is 17.2 Å². The van der Waals surface area contributed by atoms with Gasteiger partial charge in [-0.15, -0.1) is 8.78 Å². The minimum absolute atomic E-state index is 0.00579. The highest BCUT2D eigenvalue weighted by atomic mass is 19.3. The molecule has 0 N–H and O–H groups in total.